The molecule has 9 nitrogen and oxygen atoms in total. The van der Waals surface area contributed by atoms with Gasteiger partial charge in [0.1, 0.15) is 12.6 Å². The molecule has 0 radical (unpaired) electrons. The van der Waals surface area contributed by atoms with Crippen LogP contribution in [-0.2, 0) is 15.7 Å². The first-order chi connectivity index (χ1) is 17.5. The molecule has 0 saturated heterocycles. The number of aliphatic hydroxyl groups excluding tert-OH is 1. The fraction of sp³-hybridized carbons (Fsp3) is 0.250. The highest BCUT2D eigenvalue weighted by molar-refractivity contribution is 6.30. The number of aliphatic hydroxyl groups is 1. The van der Waals surface area contributed by atoms with E-state index in [2.05, 4.69) is 15.3 Å². The zero-order chi connectivity index (χ0) is 27.2. The molecule has 2 amide bonds. The van der Waals surface area contributed by atoms with E-state index in [0.29, 0.717) is 16.3 Å². The Balaban J connectivity index is 1.86. The summed E-state index contributed by atoms with van der Waals surface area (Å²) in [6.45, 7) is 0.918. The topological polar surface area (TPSA) is 131 Å². The maximum Gasteiger partial charge on any atom is 0.421 e. The van der Waals surface area contributed by atoms with Crippen molar-refractivity contribution in [1.29, 1.82) is 0 Å². The number of hydrogen-bond donors (Lipinski definition) is 3. The summed E-state index contributed by atoms with van der Waals surface area (Å²) < 4.78 is 44.4. The van der Waals surface area contributed by atoms with Crippen molar-refractivity contribution in [3.63, 3.8) is 0 Å². The molecule has 0 aliphatic carbocycles. The summed E-state index contributed by atoms with van der Waals surface area (Å²) in [5, 5.41) is 12.2. The minimum absolute atomic E-state index is 0.0152. The number of alkyl halides is 3. The fourth-order valence-electron chi connectivity index (χ4n) is 3.08. The Morgan fingerprint density at radius 1 is 1.19 bits per heavy atom. The third kappa shape index (κ3) is 7.38. The maximum atomic E-state index is 13.1. The number of carbonyl (C=O) groups excluding carboxylic acids is 2. The zero-order valence-electron chi connectivity index (χ0n) is 19.4. The second-order valence-corrected chi connectivity index (χ2v) is 8.24. The van der Waals surface area contributed by atoms with E-state index in [0.717, 1.165) is 29.2 Å². The average molecular weight is 538 g/mol. The van der Waals surface area contributed by atoms with E-state index < -0.39 is 35.9 Å². The number of ether oxygens (including phenoxy) is 1. The molecule has 0 aliphatic heterocycles. The highest BCUT2D eigenvalue weighted by Gasteiger charge is 2.31. The van der Waals surface area contributed by atoms with Crippen molar-refractivity contribution in [1.82, 2.24) is 15.3 Å². The molecule has 13 heteroatoms. The minimum atomic E-state index is -4.57. The first kappa shape index (κ1) is 27.8. The Kier molecular flexibility index (Phi) is 9.03. The number of nitrogens with one attached hydrogen (secondary N) is 1. The Bertz CT molecular complexity index is 1240. The fourth-order valence-corrected chi connectivity index (χ4v) is 3.27. The summed E-state index contributed by atoms with van der Waals surface area (Å²) in [5.41, 5.74) is 5.66. The second-order valence-electron chi connectivity index (χ2n) is 7.80. The molecule has 2 aromatic carbocycles. The third-order valence-corrected chi connectivity index (χ3v) is 5.28. The van der Waals surface area contributed by atoms with Crippen LogP contribution in [0.4, 0.5) is 29.6 Å². The molecule has 1 heterocycles. The van der Waals surface area contributed by atoms with Crippen LogP contribution in [-0.4, -0.2) is 52.4 Å². The summed E-state index contributed by atoms with van der Waals surface area (Å²) in [4.78, 5) is 34.2. The molecule has 0 spiro atoms. The zero-order valence-corrected chi connectivity index (χ0v) is 20.2. The van der Waals surface area contributed by atoms with Gasteiger partial charge in [0, 0.05) is 16.8 Å². The number of aromatic nitrogens is 2. The SMILES string of the molecule is CC(O)[C@H](N)C(=O)NCCOC(=O)N(c1ccc(C(F)(F)F)cc1)c1nccc(-c2cccc(Cl)c2)n1. The number of hydrogen-bond acceptors (Lipinski definition) is 7. The predicted octanol–water partition coefficient (Wildman–Crippen LogP) is 3.91. The van der Waals surface area contributed by atoms with Crippen molar-refractivity contribution in [2.24, 2.45) is 5.73 Å². The lowest BCUT2D eigenvalue weighted by molar-refractivity contribution is -0.137. The predicted molar refractivity (Wildman–Crippen MR) is 130 cm³/mol. The van der Waals surface area contributed by atoms with E-state index in [1.54, 1.807) is 30.3 Å². The Hall–Kier alpha value is -3.74. The van der Waals surface area contributed by atoms with Gasteiger partial charge >= 0.3 is 12.3 Å². The molecule has 3 aromatic rings. The van der Waals surface area contributed by atoms with Gasteiger partial charge < -0.3 is 20.9 Å². The van der Waals surface area contributed by atoms with E-state index in [-0.39, 0.29) is 24.8 Å². The van der Waals surface area contributed by atoms with Gasteiger partial charge in [-0.1, -0.05) is 23.7 Å². The summed E-state index contributed by atoms with van der Waals surface area (Å²) in [6, 6.07) is 11.0. The van der Waals surface area contributed by atoms with Gasteiger partial charge in [-0.05, 0) is 49.4 Å². The van der Waals surface area contributed by atoms with Crippen molar-refractivity contribution in [3.05, 3.63) is 71.4 Å². The van der Waals surface area contributed by atoms with E-state index in [9.17, 15) is 27.9 Å². The molecule has 37 heavy (non-hydrogen) atoms. The van der Waals surface area contributed by atoms with E-state index in [1.807, 2.05) is 0 Å². The molecule has 0 saturated carbocycles. The molecule has 0 bridgehead atoms. The number of nitrogens with zero attached hydrogens (tertiary/aromatic N) is 3. The highest BCUT2D eigenvalue weighted by Crippen LogP contribution is 2.32. The maximum absolute atomic E-state index is 13.1. The standard InChI is InChI=1S/C24H23ClF3N5O4/c1-14(34)20(29)21(35)30-11-12-37-23(36)33(18-7-5-16(6-8-18)24(26,27)28)22-31-10-9-19(32-22)15-3-2-4-17(25)13-15/h2-10,13-14,20,34H,11-12,29H2,1H3,(H,30,35)/t14?,20-/m0/s1. The minimum Gasteiger partial charge on any atom is -0.447 e. The Morgan fingerprint density at radius 3 is 2.51 bits per heavy atom. The van der Waals surface area contributed by atoms with Crippen LogP contribution in [0, 0.1) is 0 Å². The van der Waals surface area contributed by atoms with Crippen LogP contribution >= 0.6 is 11.6 Å². The lowest BCUT2D eigenvalue weighted by atomic mass is 10.1. The van der Waals surface area contributed by atoms with Crippen molar-refractivity contribution < 1.29 is 32.6 Å². The summed E-state index contributed by atoms with van der Waals surface area (Å²) in [5.74, 6) is -0.814. The number of nitrogens with two attached hydrogens (primary N) is 1. The Morgan fingerprint density at radius 2 is 1.89 bits per heavy atom. The Labute approximate surface area is 215 Å². The highest BCUT2D eigenvalue weighted by atomic mass is 35.5. The molecule has 1 unspecified atom stereocenters. The number of rotatable bonds is 8. The first-order valence-corrected chi connectivity index (χ1v) is 11.3. The van der Waals surface area contributed by atoms with Gasteiger partial charge in [-0.2, -0.15) is 13.2 Å². The van der Waals surface area contributed by atoms with Gasteiger partial charge in [-0.3, -0.25) is 4.79 Å². The van der Waals surface area contributed by atoms with Crippen LogP contribution in [0.25, 0.3) is 11.3 Å². The summed E-state index contributed by atoms with van der Waals surface area (Å²) >= 11 is 6.05. The molecule has 4 N–H and O–H groups in total. The normalized spacial score (nSPS) is 12.9. The van der Waals surface area contributed by atoms with Gasteiger partial charge in [0.05, 0.1) is 29.6 Å². The van der Waals surface area contributed by atoms with Crippen molar-refractivity contribution >= 4 is 35.2 Å². The number of halogens is 4. The van der Waals surface area contributed by atoms with Crippen molar-refractivity contribution in [3.8, 4) is 11.3 Å². The molecule has 0 fully saturated rings. The second kappa shape index (κ2) is 12.0. The van der Waals surface area contributed by atoms with Crippen LogP contribution in [0.1, 0.15) is 12.5 Å². The molecule has 1 aromatic heterocycles. The molecule has 3 rings (SSSR count). The largest absolute Gasteiger partial charge is 0.447 e. The van der Waals surface area contributed by atoms with Crippen LogP contribution in [0.5, 0.6) is 0 Å². The lowest BCUT2D eigenvalue weighted by Gasteiger charge is -2.21. The average Bonchev–Trinajstić information content (AvgIpc) is 2.86. The van der Waals surface area contributed by atoms with E-state index in [1.165, 1.54) is 13.1 Å². The van der Waals surface area contributed by atoms with Gasteiger partial charge in [-0.15, -0.1) is 0 Å². The summed E-state index contributed by atoms with van der Waals surface area (Å²) in [6.07, 6.45) is -5.28. The van der Waals surface area contributed by atoms with Gasteiger partial charge in [-0.25, -0.2) is 19.7 Å². The summed E-state index contributed by atoms with van der Waals surface area (Å²) in [7, 11) is 0. The number of benzene rings is 2. The monoisotopic (exact) mass is 537 g/mol. The van der Waals surface area contributed by atoms with Gasteiger partial charge in [0.25, 0.3) is 0 Å². The van der Waals surface area contributed by atoms with Crippen LogP contribution in [0.2, 0.25) is 5.02 Å². The van der Waals surface area contributed by atoms with Gasteiger partial charge in [0.2, 0.25) is 11.9 Å². The smallest absolute Gasteiger partial charge is 0.421 e. The van der Waals surface area contributed by atoms with Crippen molar-refractivity contribution in [2.45, 2.75) is 25.2 Å². The molecular weight excluding hydrogens is 515 g/mol. The van der Waals surface area contributed by atoms with Gasteiger partial charge in [0.15, 0.2) is 0 Å². The number of amides is 2. The number of anilines is 2. The molecular formula is C24H23ClF3N5O4. The van der Waals surface area contributed by atoms with Crippen LogP contribution in [0.3, 0.4) is 0 Å². The van der Waals surface area contributed by atoms with E-state index >= 15 is 0 Å². The lowest BCUT2D eigenvalue weighted by Crippen LogP contribution is -2.48. The van der Waals surface area contributed by atoms with Crippen molar-refractivity contribution in [2.75, 3.05) is 18.1 Å². The third-order valence-electron chi connectivity index (χ3n) is 5.05. The molecule has 2 atom stereocenters. The first-order valence-electron chi connectivity index (χ1n) is 10.9. The quantitative estimate of drug-likeness (QED) is 0.371. The van der Waals surface area contributed by atoms with Crippen LogP contribution < -0.4 is 16.0 Å². The molecule has 0 aliphatic rings. The number of carbonyl (C=O) groups is 2. The van der Waals surface area contributed by atoms with E-state index in [4.69, 9.17) is 22.1 Å². The molecule has 196 valence electrons. The van der Waals surface area contributed by atoms with Crippen LogP contribution in [0.15, 0.2) is 60.8 Å².